The predicted molar refractivity (Wildman–Crippen MR) is 58.2 cm³/mol. The molecule has 0 saturated carbocycles. The van der Waals surface area contributed by atoms with Crippen LogP contribution in [0.1, 0.15) is 30.3 Å². The first-order valence-corrected chi connectivity index (χ1v) is 5.43. The fraction of sp³-hybridized carbons (Fsp3) is 0.500. The largest absolute Gasteiger partial charge is 0.460 e. The van der Waals surface area contributed by atoms with Crippen LogP contribution < -0.4 is 5.73 Å². The third kappa shape index (κ3) is 2.69. The average molecular weight is 260 g/mol. The maximum atomic E-state index is 11.8. The van der Waals surface area contributed by atoms with E-state index in [9.17, 15) is 4.79 Å². The number of rotatable bonds is 5. The maximum Gasteiger partial charge on any atom is 0.201 e. The van der Waals surface area contributed by atoms with E-state index in [1.54, 1.807) is 6.07 Å². The molecule has 0 aliphatic rings. The summed E-state index contributed by atoms with van der Waals surface area (Å²) in [5.74, 6) is 0.422. The summed E-state index contributed by atoms with van der Waals surface area (Å²) in [6.07, 6.45) is 3.18. The zero-order chi connectivity index (χ0) is 10.6. The zero-order valence-electron chi connectivity index (χ0n) is 8.13. The second kappa shape index (κ2) is 5.32. The van der Waals surface area contributed by atoms with E-state index in [2.05, 4.69) is 15.9 Å². The summed E-state index contributed by atoms with van der Waals surface area (Å²) in [4.78, 5) is 11.8. The Morgan fingerprint density at radius 2 is 2.43 bits per heavy atom. The molecule has 1 atom stereocenters. The highest BCUT2D eigenvalue weighted by Crippen LogP contribution is 2.22. The summed E-state index contributed by atoms with van der Waals surface area (Å²) in [5, 5.41) is 0. The van der Waals surface area contributed by atoms with Gasteiger partial charge in [0.2, 0.25) is 5.78 Å². The minimum absolute atomic E-state index is 0.0269. The third-order valence-electron chi connectivity index (χ3n) is 2.13. The molecule has 2 N–H and O–H groups in total. The molecule has 0 bridgehead atoms. The van der Waals surface area contributed by atoms with Gasteiger partial charge in [0.05, 0.1) is 10.7 Å². The summed E-state index contributed by atoms with van der Waals surface area (Å²) in [6.45, 7) is 2.52. The lowest BCUT2D eigenvalue weighted by molar-refractivity contribution is 0.0894. The smallest absolute Gasteiger partial charge is 0.201 e. The minimum Gasteiger partial charge on any atom is -0.460 e. The predicted octanol–water partition coefficient (Wildman–Crippen LogP) is 2.60. The van der Waals surface area contributed by atoms with Gasteiger partial charge in [-0.3, -0.25) is 4.79 Å². The molecule has 1 heterocycles. The maximum absolute atomic E-state index is 11.8. The van der Waals surface area contributed by atoms with Crippen LogP contribution in [0.4, 0.5) is 0 Å². The molecule has 0 aromatic carbocycles. The molecule has 1 rings (SSSR count). The number of carbonyl (C=O) groups excluding carboxylic acids is 1. The Morgan fingerprint density at radius 1 is 1.71 bits per heavy atom. The van der Waals surface area contributed by atoms with E-state index in [0.717, 1.165) is 17.3 Å². The van der Waals surface area contributed by atoms with E-state index < -0.39 is 0 Å². The topological polar surface area (TPSA) is 56.2 Å². The van der Waals surface area contributed by atoms with Gasteiger partial charge in [-0.2, -0.15) is 0 Å². The van der Waals surface area contributed by atoms with E-state index in [4.69, 9.17) is 10.2 Å². The normalized spacial score (nSPS) is 12.8. The van der Waals surface area contributed by atoms with E-state index in [-0.39, 0.29) is 11.7 Å². The number of hydrogen-bond donors (Lipinski definition) is 1. The van der Waals surface area contributed by atoms with E-state index >= 15 is 0 Å². The fourth-order valence-corrected chi connectivity index (χ4v) is 1.65. The summed E-state index contributed by atoms with van der Waals surface area (Å²) in [7, 11) is 0. The second-order valence-electron chi connectivity index (χ2n) is 3.29. The summed E-state index contributed by atoms with van der Waals surface area (Å²) < 4.78 is 5.82. The lowest BCUT2D eigenvalue weighted by Gasteiger charge is -2.07. The molecule has 1 aromatic heterocycles. The molecule has 0 spiro atoms. The molecule has 4 heteroatoms. The van der Waals surface area contributed by atoms with Crippen LogP contribution in [0.15, 0.2) is 21.2 Å². The van der Waals surface area contributed by atoms with E-state index in [0.29, 0.717) is 12.3 Å². The van der Waals surface area contributed by atoms with Crippen molar-refractivity contribution in [2.24, 2.45) is 11.7 Å². The highest BCUT2D eigenvalue weighted by Gasteiger charge is 2.19. The van der Waals surface area contributed by atoms with Gasteiger partial charge < -0.3 is 10.2 Å². The molecule has 0 aliphatic carbocycles. The molecule has 14 heavy (non-hydrogen) atoms. The van der Waals surface area contributed by atoms with Crippen LogP contribution >= 0.6 is 15.9 Å². The molecule has 1 unspecified atom stereocenters. The Balaban J connectivity index is 2.61. The van der Waals surface area contributed by atoms with Gasteiger partial charge >= 0.3 is 0 Å². The van der Waals surface area contributed by atoms with E-state index in [1.165, 1.54) is 6.26 Å². The van der Waals surface area contributed by atoms with Crippen LogP contribution in [0.2, 0.25) is 0 Å². The summed E-state index contributed by atoms with van der Waals surface area (Å²) in [6, 6.07) is 1.73. The van der Waals surface area contributed by atoms with Crippen LogP contribution in [0.3, 0.4) is 0 Å². The van der Waals surface area contributed by atoms with Gasteiger partial charge in [-0.05, 0) is 41.4 Å². The number of nitrogens with two attached hydrogens (primary N) is 1. The van der Waals surface area contributed by atoms with Crippen LogP contribution in [0.25, 0.3) is 0 Å². The zero-order valence-corrected chi connectivity index (χ0v) is 9.71. The quantitative estimate of drug-likeness (QED) is 0.828. The molecule has 0 fully saturated rings. The van der Waals surface area contributed by atoms with Gasteiger partial charge in [-0.15, -0.1) is 0 Å². The van der Waals surface area contributed by atoms with Crippen molar-refractivity contribution >= 4 is 21.7 Å². The second-order valence-corrected chi connectivity index (χ2v) is 4.15. The van der Waals surface area contributed by atoms with Crippen molar-refractivity contribution in [1.82, 2.24) is 0 Å². The Labute approximate surface area is 91.8 Å². The highest BCUT2D eigenvalue weighted by molar-refractivity contribution is 9.10. The van der Waals surface area contributed by atoms with Crippen molar-refractivity contribution in [2.45, 2.75) is 19.8 Å². The molecule has 1 aromatic rings. The lowest BCUT2D eigenvalue weighted by Crippen LogP contribution is -2.12. The van der Waals surface area contributed by atoms with Crippen LogP contribution in [-0.4, -0.2) is 12.3 Å². The Morgan fingerprint density at radius 3 is 2.93 bits per heavy atom. The number of furan rings is 1. The molecule has 3 nitrogen and oxygen atoms in total. The summed E-state index contributed by atoms with van der Waals surface area (Å²) in [5.41, 5.74) is 5.38. The third-order valence-corrected chi connectivity index (χ3v) is 2.75. The number of carbonyl (C=O) groups is 1. The van der Waals surface area contributed by atoms with Crippen molar-refractivity contribution in [2.75, 3.05) is 6.54 Å². The van der Waals surface area contributed by atoms with Crippen molar-refractivity contribution in [1.29, 1.82) is 0 Å². The monoisotopic (exact) mass is 259 g/mol. The van der Waals surface area contributed by atoms with Gasteiger partial charge in [0.1, 0.15) is 0 Å². The van der Waals surface area contributed by atoms with Crippen molar-refractivity contribution < 1.29 is 9.21 Å². The molecule has 0 amide bonds. The molecular weight excluding hydrogens is 246 g/mol. The number of hydrogen-bond acceptors (Lipinski definition) is 3. The van der Waals surface area contributed by atoms with Crippen LogP contribution in [0.5, 0.6) is 0 Å². The van der Waals surface area contributed by atoms with Gasteiger partial charge in [0, 0.05) is 5.92 Å². The number of Topliss-reactive ketones (excluding diaryl/α,β-unsaturated/α-hetero) is 1. The standard InChI is InChI=1S/C10H14BrNO2/c1-7(3-2-5-12)9(13)10-8(11)4-6-14-10/h4,6-7H,2-3,5,12H2,1H3. The SMILES string of the molecule is CC(CCCN)C(=O)c1occc1Br. The lowest BCUT2D eigenvalue weighted by atomic mass is 9.99. The molecule has 78 valence electrons. The van der Waals surface area contributed by atoms with Crippen LogP contribution in [0, 0.1) is 5.92 Å². The average Bonchev–Trinajstić information content (AvgIpc) is 2.59. The Kier molecular flexibility index (Phi) is 4.35. The van der Waals surface area contributed by atoms with Crippen molar-refractivity contribution in [3.63, 3.8) is 0 Å². The van der Waals surface area contributed by atoms with Gasteiger partial charge in [0.15, 0.2) is 5.76 Å². The molecule has 0 saturated heterocycles. The van der Waals surface area contributed by atoms with Crippen molar-refractivity contribution in [3.8, 4) is 0 Å². The first-order chi connectivity index (χ1) is 6.66. The van der Waals surface area contributed by atoms with Gasteiger partial charge in [-0.25, -0.2) is 0 Å². The van der Waals surface area contributed by atoms with Crippen molar-refractivity contribution in [3.05, 3.63) is 22.6 Å². The Hall–Kier alpha value is -0.610. The van der Waals surface area contributed by atoms with Gasteiger partial charge in [0.25, 0.3) is 0 Å². The first-order valence-electron chi connectivity index (χ1n) is 4.64. The summed E-state index contributed by atoms with van der Waals surface area (Å²) >= 11 is 3.26. The number of ketones is 1. The first kappa shape index (κ1) is 11.5. The van der Waals surface area contributed by atoms with E-state index in [1.807, 2.05) is 6.92 Å². The van der Waals surface area contributed by atoms with Gasteiger partial charge in [-0.1, -0.05) is 6.92 Å². The van der Waals surface area contributed by atoms with Crippen LogP contribution in [-0.2, 0) is 0 Å². The highest BCUT2D eigenvalue weighted by atomic mass is 79.9. The minimum atomic E-state index is -0.0269. The molecule has 0 radical (unpaired) electrons. The Bertz CT molecular complexity index is 309. The molecular formula is C10H14BrNO2. The molecule has 0 aliphatic heterocycles. The number of halogens is 1. The fourth-order valence-electron chi connectivity index (χ4n) is 1.25.